The second kappa shape index (κ2) is 7.11. The normalized spacial score (nSPS) is 9.76. The molecule has 0 saturated carbocycles. The van der Waals surface area contributed by atoms with Gasteiger partial charge in [0.15, 0.2) is 6.61 Å². The van der Waals surface area contributed by atoms with Gasteiger partial charge >= 0.3 is 0 Å². The summed E-state index contributed by atoms with van der Waals surface area (Å²) in [7, 11) is 0. The molecule has 0 aliphatic rings. The number of benzene rings is 2. The van der Waals surface area contributed by atoms with Crippen LogP contribution in [0.5, 0.6) is 5.75 Å². The van der Waals surface area contributed by atoms with Crippen LogP contribution in [0.4, 0.5) is 5.69 Å². The molecule has 0 heterocycles. The zero-order chi connectivity index (χ0) is 15.2. The van der Waals surface area contributed by atoms with Crippen LogP contribution < -0.4 is 10.1 Å². The highest BCUT2D eigenvalue weighted by Gasteiger charge is 2.08. The number of anilines is 1. The van der Waals surface area contributed by atoms with Crippen LogP contribution >= 0.6 is 27.5 Å². The third-order valence-electron chi connectivity index (χ3n) is 2.56. The van der Waals surface area contributed by atoms with Gasteiger partial charge in [0.2, 0.25) is 0 Å². The molecule has 0 radical (unpaired) electrons. The minimum absolute atomic E-state index is 0.150. The number of nitriles is 1. The number of nitrogens with zero attached hydrogens (tertiary/aromatic N) is 1. The molecular formula is C15H10BrClN2O2. The molecule has 0 saturated heterocycles. The van der Waals surface area contributed by atoms with E-state index in [1.807, 2.05) is 6.07 Å². The minimum Gasteiger partial charge on any atom is -0.484 e. The fourth-order valence-corrected chi connectivity index (χ4v) is 2.07. The minimum atomic E-state index is -0.344. The molecular weight excluding hydrogens is 356 g/mol. The summed E-state index contributed by atoms with van der Waals surface area (Å²) in [5.74, 6) is 0.203. The van der Waals surface area contributed by atoms with Crippen LogP contribution in [0.3, 0.4) is 0 Å². The van der Waals surface area contributed by atoms with Crippen molar-refractivity contribution in [1.82, 2.24) is 0 Å². The Morgan fingerprint density at radius 1 is 1.29 bits per heavy atom. The molecule has 4 nitrogen and oxygen atoms in total. The molecule has 0 bridgehead atoms. The lowest BCUT2D eigenvalue weighted by molar-refractivity contribution is -0.118. The number of carbonyl (C=O) groups excluding carboxylic acids is 1. The van der Waals surface area contributed by atoms with Gasteiger partial charge in [-0.1, -0.05) is 27.5 Å². The van der Waals surface area contributed by atoms with Gasteiger partial charge in [0.25, 0.3) is 5.91 Å². The third kappa shape index (κ3) is 4.48. The summed E-state index contributed by atoms with van der Waals surface area (Å²) in [6.45, 7) is -0.150. The standard InChI is InChI=1S/C15H10BrClN2O2/c16-11-1-6-14(10(7-11)8-18)19-15(20)9-21-13-4-2-12(17)3-5-13/h1-7H,9H2,(H,19,20). The van der Waals surface area contributed by atoms with E-state index in [9.17, 15) is 4.79 Å². The first-order valence-electron chi connectivity index (χ1n) is 5.96. The van der Waals surface area contributed by atoms with Crippen molar-refractivity contribution < 1.29 is 9.53 Å². The van der Waals surface area contributed by atoms with Gasteiger partial charge in [0, 0.05) is 9.50 Å². The fraction of sp³-hybridized carbons (Fsp3) is 0.0667. The Hall–Kier alpha value is -2.03. The van der Waals surface area contributed by atoms with E-state index < -0.39 is 0 Å². The van der Waals surface area contributed by atoms with Crippen LogP contribution in [-0.2, 0) is 4.79 Å². The molecule has 1 N–H and O–H groups in total. The van der Waals surface area contributed by atoms with Crippen LogP contribution in [0, 0.1) is 11.3 Å². The summed E-state index contributed by atoms with van der Waals surface area (Å²) in [5, 5.41) is 12.3. The van der Waals surface area contributed by atoms with Gasteiger partial charge in [-0.2, -0.15) is 5.26 Å². The topological polar surface area (TPSA) is 62.1 Å². The molecule has 2 aromatic rings. The van der Waals surface area contributed by atoms with Crippen molar-refractivity contribution in [2.75, 3.05) is 11.9 Å². The van der Waals surface area contributed by atoms with E-state index in [0.717, 1.165) is 4.47 Å². The molecule has 6 heteroatoms. The van der Waals surface area contributed by atoms with Crippen molar-refractivity contribution in [3.05, 3.63) is 57.5 Å². The Balaban J connectivity index is 1.96. The first-order chi connectivity index (χ1) is 10.1. The van der Waals surface area contributed by atoms with Gasteiger partial charge in [-0.05, 0) is 42.5 Å². The maximum atomic E-state index is 11.8. The van der Waals surface area contributed by atoms with E-state index in [4.69, 9.17) is 21.6 Å². The van der Waals surface area contributed by atoms with Crippen molar-refractivity contribution in [2.24, 2.45) is 0 Å². The average molecular weight is 366 g/mol. The number of hydrogen-bond acceptors (Lipinski definition) is 3. The Labute approximate surface area is 135 Å². The predicted molar refractivity (Wildman–Crippen MR) is 84.4 cm³/mol. The summed E-state index contributed by atoms with van der Waals surface area (Å²) >= 11 is 9.03. The highest BCUT2D eigenvalue weighted by molar-refractivity contribution is 9.10. The van der Waals surface area contributed by atoms with Gasteiger partial charge < -0.3 is 10.1 Å². The molecule has 106 valence electrons. The summed E-state index contributed by atoms with van der Waals surface area (Å²) in [6.07, 6.45) is 0. The van der Waals surface area contributed by atoms with E-state index in [1.165, 1.54) is 0 Å². The number of nitrogens with one attached hydrogen (secondary N) is 1. The zero-order valence-electron chi connectivity index (χ0n) is 10.8. The molecule has 0 aliphatic carbocycles. The maximum Gasteiger partial charge on any atom is 0.262 e. The Kier molecular flexibility index (Phi) is 5.20. The SMILES string of the molecule is N#Cc1cc(Br)ccc1NC(=O)COc1ccc(Cl)cc1. The maximum absolute atomic E-state index is 11.8. The average Bonchev–Trinajstić information content (AvgIpc) is 2.48. The second-order valence-electron chi connectivity index (χ2n) is 4.09. The molecule has 0 spiro atoms. The quantitative estimate of drug-likeness (QED) is 0.891. The van der Waals surface area contributed by atoms with Gasteiger partial charge in [-0.3, -0.25) is 4.79 Å². The van der Waals surface area contributed by atoms with Crippen LogP contribution in [-0.4, -0.2) is 12.5 Å². The summed E-state index contributed by atoms with van der Waals surface area (Å²) in [5.41, 5.74) is 0.828. The fourth-order valence-electron chi connectivity index (χ4n) is 1.58. The number of carbonyl (C=O) groups is 1. The van der Waals surface area contributed by atoms with E-state index >= 15 is 0 Å². The lowest BCUT2D eigenvalue weighted by Crippen LogP contribution is -2.20. The van der Waals surface area contributed by atoms with E-state index in [-0.39, 0.29) is 12.5 Å². The van der Waals surface area contributed by atoms with Crippen LogP contribution in [0.15, 0.2) is 46.9 Å². The van der Waals surface area contributed by atoms with E-state index in [2.05, 4.69) is 21.2 Å². The lowest BCUT2D eigenvalue weighted by Gasteiger charge is -2.09. The van der Waals surface area contributed by atoms with Crippen LogP contribution in [0.1, 0.15) is 5.56 Å². The molecule has 0 aliphatic heterocycles. The van der Waals surface area contributed by atoms with Crippen molar-refractivity contribution in [2.45, 2.75) is 0 Å². The van der Waals surface area contributed by atoms with Crippen LogP contribution in [0.25, 0.3) is 0 Å². The summed E-state index contributed by atoms with van der Waals surface area (Å²) < 4.78 is 6.10. The molecule has 2 aromatic carbocycles. The Morgan fingerprint density at radius 2 is 2.00 bits per heavy atom. The monoisotopic (exact) mass is 364 g/mol. The Bertz CT molecular complexity index is 696. The third-order valence-corrected chi connectivity index (χ3v) is 3.30. The van der Waals surface area contributed by atoms with Gasteiger partial charge in [0.05, 0.1) is 11.3 Å². The molecule has 0 aromatic heterocycles. The predicted octanol–water partition coefficient (Wildman–Crippen LogP) is 3.99. The highest BCUT2D eigenvalue weighted by atomic mass is 79.9. The first kappa shape index (κ1) is 15.4. The highest BCUT2D eigenvalue weighted by Crippen LogP contribution is 2.20. The molecule has 2 rings (SSSR count). The van der Waals surface area contributed by atoms with Crippen molar-refractivity contribution >= 4 is 39.1 Å². The largest absolute Gasteiger partial charge is 0.484 e. The molecule has 0 atom stereocenters. The first-order valence-corrected chi connectivity index (χ1v) is 7.13. The number of halogens is 2. The summed E-state index contributed by atoms with van der Waals surface area (Å²) in [6, 6.07) is 13.8. The molecule has 21 heavy (non-hydrogen) atoms. The number of amides is 1. The Morgan fingerprint density at radius 3 is 2.67 bits per heavy atom. The molecule has 0 fully saturated rings. The lowest BCUT2D eigenvalue weighted by atomic mass is 10.2. The molecule has 1 amide bonds. The van der Waals surface area contributed by atoms with Crippen molar-refractivity contribution in [1.29, 1.82) is 5.26 Å². The van der Waals surface area contributed by atoms with Gasteiger partial charge in [-0.25, -0.2) is 0 Å². The molecule has 0 unspecified atom stereocenters. The summed E-state index contributed by atoms with van der Waals surface area (Å²) in [4.78, 5) is 11.8. The smallest absolute Gasteiger partial charge is 0.262 e. The number of rotatable bonds is 4. The number of hydrogen-bond donors (Lipinski definition) is 1. The van der Waals surface area contributed by atoms with E-state index in [1.54, 1.807) is 42.5 Å². The zero-order valence-corrected chi connectivity index (χ0v) is 13.1. The second-order valence-corrected chi connectivity index (χ2v) is 5.44. The van der Waals surface area contributed by atoms with Crippen LogP contribution in [0.2, 0.25) is 5.02 Å². The number of ether oxygens (including phenoxy) is 1. The van der Waals surface area contributed by atoms with Gasteiger partial charge in [0.1, 0.15) is 11.8 Å². The van der Waals surface area contributed by atoms with E-state index in [0.29, 0.717) is 22.0 Å². The van der Waals surface area contributed by atoms with Gasteiger partial charge in [-0.15, -0.1) is 0 Å². The van der Waals surface area contributed by atoms with Crippen molar-refractivity contribution in [3.63, 3.8) is 0 Å². The van der Waals surface area contributed by atoms with Crippen molar-refractivity contribution in [3.8, 4) is 11.8 Å².